The van der Waals surface area contributed by atoms with E-state index in [-0.39, 0.29) is 0 Å². The largest absolute Gasteiger partial charge is 0.383 e. The zero-order valence-electron chi connectivity index (χ0n) is 19.0. The molecule has 0 saturated heterocycles. The Morgan fingerprint density at radius 1 is 1.03 bits per heavy atom. The number of methoxy groups -OCH3 is 1. The quantitative estimate of drug-likeness (QED) is 0.436. The predicted molar refractivity (Wildman–Crippen MR) is 132 cm³/mol. The minimum Gasteiger partial charge on any atom is -0.383 e. The molecule has 1 saturated carbocycles. The van der Waals surface area contributed by atoms with Crippen molar-refractivity contribution in [3.05, 3.63) is 83.7 Å². The molecular weight excluding hydrogens is 394 g/mol. The van der Waals surface area contributed by atoms with E-state index in [2.05, 4.69) is 63.7 Å². The third kappa shape index (κ3) is 4.81. The van der Waals surface area contributed by atoms with Gasteiger partial charge in [0.1, 0.15) is 0 Å². The minimum absolute atomic E-state index is 0.540. The number of anilines is 3. The fraction of sp³-hybridized carbons (Fsp3) is 0.393. The van der Waals surface area contributed by atoms with Crippen LogP contribution >= 0.6 is 0 Å². The summed E-state index contributed by atoms with van der Waals surface area (Å²) >= 11 is 0. The molecule has 0 spiro atoms. The van der Waals surface area contributed by atoms with Crippen LogP contribution in [0.3, 0.4) is 0 Å². The summed E-state index contributed by atoms with van der Waals surface area (Å²) in [5.74, 6) is 1.33. The summed E-state index contributed by atoms with van der Waals surface area (Å²) < 4.78 is 5.44. The number of hydrogen-bond acceptors (Lipinski definition) is 4. The molecule has 1 atom stereocenters. The Kier molecular flexibility index (Phi) is 6.40. The van der Waals surface area contributed by atoms with Gasteiger partial charge >= 0.3 is 0 Å². The maximum absolute atomic E-state index is 5.44. The van der Waals surface area contributed by atoms with Gasteiger partial charge in [-0.15, -0.1) is 0 Å². The van der Waals surface area contributed by atoms with E-state index in [9.17, 15) is 0 Å². The summed E-state index contributed by atoms with van der Waals surface area (Å²) in [7, 11) is 1.78. The molecule has 0 bridgehead atoms. The summed E-state index contributed by atoms with van der Waals surface area (Å²) in [6.45, 7) is 2.51. The molecule has 1 aromatic heterocycles. The van der Waals surface area contributed by atoms with Gasteiger partial charge in [-0.2, -0.15) is 0 Å². The first kappa shape index (κ1) is 21.0. The van der Waals surface area contributed by atoms with Crippen LogP contribution in [-0.4, -0.2) is 31.8 Å². The Hall–Kier alpha value is -2.85. The lowest BCUT2D eigenvalue weighted by molar-refractivity contribution is 0.207. The van der Waals surface area contributed by atoms with Gasteiger partial charge in [-0.25, -0.2) is 0 Å². The Morgan fingerprint density at radius 2 is 1.88 bits per heavy atom. The fourth-order valence-electron chi connectivity index (χ4n) is 4.92. The van der Waals surface area contributed by atoms with Crippen molar-refractivity contribution in [2.45, 2.75) is 43.9 Å². The second-order valence-corrected chi connectivity index (χ2v) is 9.11. The van der Waals surface area contributed by atoms with Gasteiger partial charge in [0.05, 0.1) is 12.3 Å². The lowest BCUT2D eigenvalue weighted by atomic mass is 9.82. The molecule has 1 fully saturated rings. The van der Waals surface area contributed by atoms with E-state index in [0.29, 0.717) is 12.5 Å². The third-order valence-corrected chi connectivity index (χ3v) is 6.86. The minimum atomic E-state index is 0.540. The van der Waals surface area contributed by atoms with Crippen molar-refractivity contribution in [3.63, 3.8) is 0 Å². The summed E-state index contributed by atoms with van der Waals surface area (Å²) in [5, 5.41) is 3.58. The van der Waals surface area contributed by atoms with Gasteiger partial charge in [-0.3, -0.25) is 4.98 Å². The highest BCUT2D eigenvalue weighted by Crippen LogP contribution is 2.41. The van der Waals surface area contributed by atoms with Crippen molar-refractivity contribution in [3.8, 4) is 0 Å². The fourth-order valence-corrected chi connectivity index (χ4v) is 4.92. The van der Waals surface area contributed by atoms with E-state index in [4.69, 9.17) is 4.74 Å². The van der Waals surface area contributed by atoms with Crippen LogP contribution in [0.1, 0.15) is 54.2 Å². The third-order valence-electron chi connectivity index (χ3n) is 6.86. The monoisotopic (exact) mass is 427 g/mol. The number of nitrogens with zero attached hydrogens (tertiary/aromatic N) is 2. The predicted octanol–water partition coefficient (Wildman–Crippen LogP) is 6.28. The maximum Gasteiger partial charge on any atom is 0.0642 e. The zero-order chi connectivity index (χ0) is 21.8. The number of aromatic nitrogens is 1. The van der Waals surface area contributed by atoms with Crippen LogP contribution in [0.2, 0.25) is 0 Å². The first-order valence-electron chi connectivity index (χ1n) is 11.9. The topological polar surface area (TPSA) is 37.4 Å². The van der Waals surface area contributed by atoms with Crippen LogP contribution < -0.4 is 10.2 Å². The van der Waals surface area contributed by atoms with Crippen LogP contribution in [0.25, 0.3) is 0 Å². The highest BCUT2D eigenvalue weighted by atomic mass is 16.5. The molecule has 0 radical (unpaired) electrons. The van der Waals surface area contributed by atoms with Crippen molar-refractivity contribution >= 4 is 17.1 Å². The molecule has 4 heteroatoms. The highest BCUT2D eigenvalue weighted by Gasteiger charge is 2.24. The molecule has 166 valence electrons. The van der Waals surface area contributed by atoms with Gasteiger partial charge in [-0.1, -0.05) is 18.2 Å². The number of benzene rings is 2. The van der Waals surface area contributed by atoms with Gasteiger partial charge in [0.15, 0.2) is 0 Å². The molecule has 3 aromatic rings. The van der Waals surface area contributed by atoms with E-state index in [0.717, 1.165) is 31.1 Å². The van der Waals surface area contributed by atoms with Crippen molar-refractivity contribution in [2.24, 2.45) is 0 Å². The van der Waals surface area contributed by atoms with Gasteiger partial charge in [-0.05, 0) is 91.1 Å². The Bertz CT molecular complexity index is 1010. The molecule has 2 aliphatic rings. The average molecular weight is 428 g/mol. The second kappa shape index (κ2) is 9.74. The van der Waals surface area contributed by atoms with E-state index in [1.165, 1.54) is 53.7 Å². The Balaban J connectivity index is 1.36. The van der Waals surface area contributed by atoms with E-state index in [1.807, 2.05) is 18.5 Å². The second-order valence-electron chi connectivity index (χ2n) is 9.11. The average Bonchev–Trinajstić information content (AvgIpc) is 3.69. The van der Waals surface area contributed by atoms with Gasteiger partial charge in [0, 0.05) is 49.9 Å². The number of rotatable bonds is 9. The van der Waals surface area contributed by atoms with Gasteiger partial charge in [0.25, 0.3) is 0 Å². The van der Waals surface area contributed by atoms with Crippen LogP contribution in [0.15, 0.2) is 67.0 Å². The van der Waals surface area contributed by atoms with Crippen molar-refractivity contribution < 1.29 is 4.74 Å². The van der Waals surface area contributed by atoms with Crippen LogP contribution in [0.5, 0.6) is 0 Å². The summed E-state index contributed by atoms with van der Waals surface area (Å²) in [4.78, 5) is 6.62. The number of aryl methyl sites for hydroxylation is 1. The SMILES string of the molecule is COCCN(c1ccc(C2CC2)cc1)c1ccc2c(c1)CCC[C@H]2CNc1cccnc1. The molecule has 0 amide bonds. The lowest BCUT2D eigenvalue weighted by Crippen LogP contribution is -2.23. The Labute approximate surface area is 191 Å². The van der Waals surface area contributed by atoms with Crippen LogP contribution in [-0.2, 0) is 11.2 Å². The summed E-state index contributed by atoms with van der Waals surface area (Å²) in [6, 6.07) is 20.3. The molecule has 5 rings (SSSR count). The number of hydrogen-bond donors (Lipinski definition) is 1. The number of nitrogens with one attached hydrogen (secondary N) is 1. The van der Waals surface area contributed by atoms with Crippen molar-refractivity contribution in [1.82, 2.24) is 4.98 Å². The maximum atomic E-state index is 5.44. The highest BCUT2D eigenvalue weighted by molar-refractivity contribution is 5.65. The summed E-state index contributed by atoms with van der Waals surface area (Å²) in [5.41, 5.74) is 8.07. The standard InChI is InChI=1S/C28H33N3O/c1-32-17-16-31(26-11-9-22(10-12-26)21-7-8-21)27-13-14-28-23(18-27)4-2-5-24(28)19-30-25-6-3-15-29-20-25/h3,6,9-15,18,20-21,24,30H,2,4-5,7-8,16-17,19H2,1H3/t24-/m0/s1. The molecule has 0 aliphatic heterocycles. The van der Waals surface area contributed by atoms with E-state index in [1.54, 1.807) is 7.11 Å². The smallest absolute Gasteiger partial charge is 0.0642 e. The number of pyridine rings is 1. The first-order chi connectivity index (χ1) is 15.8. The van der Waals surface area contributed by atoms with E-state index >= 15 is 0 Å². The summed E-state index contributed by atoms with van der Waals surface area (Å²) in [6.07, 6.45) is 10.0. The molecule has 4 nitrogen and oxygen atoms in total. The molecule has 32 heavy (non-hydrogen) atoms. The first-order valence-corrected chi connectivity index (χ1v) is 11.9. The van der Waals surface area contributed by atoms with Crippen molar-refractivity contribution in [2.75, 3.05) is 37.0 Å². The van der Waals surface area contributed by atoms with Gasteiger partial charge in [0.2, 0.25) is 0 Å². The Morgan fingerprint density at radius 3 is 2.62 bits per heavy atom. The van der Waals surface area contributed by atoms with Crippen LogP contribution in [0.4, 0.5) is 17.1 Å². The van der Waals surface area contributed by atoms with Crippen molar-refractivity contribution in [1.29, 1.82) is 0 Å². The van der Waals surface area contributed by atoms with Crippen LogP contribution in [0, 0.1) is 0 Å². The molecule has 2 aromatic carbocycles. The van der Waals surface area contributed by atoms with Gasteiger partial charge < -0.3 is 15.0 Å². The normalized spacial score (nSPS) is 17.6. The lowest BCUT2D eigenvalue weighted by Gasteiger charge is -2.30. The molecule has 0 unspecified atom stereocenters. The van der Waals surface area contributed by atoms with E-state index < -0.39 is 0 Å². The molecule has 2 aliphatic carbocycles. The molecular formula is C28H33N3O. The zero-order valence-corrected chi connectivity index (χ0v) is 19.0. The number of fused-ring (bicyclic) bond motifs is 1. The number of ether oxygens (including phenoxy) is 1. The molecule has 1 heterocycles. The molecule has 1 N–H and O–H groups in total.